The molecule has 19 heavy (non-hydrogen) atoms. The molecule has 0 aromatic heterocycles. The lowest BCUT2D eigenvalue weighted by molar-refractivity contribution is 0.238. The summed E-state index contributed by atoms with van der Waals surface area (Å²) >= 11 is 0. The smallest absolute Gasteiger partial charge is 0.319 e. The summed E-state index contributed by atoms with van der Waals surface area (Å²) in [5.41, 5.74) is 0.780. The van der Waals surface area contributed by atoms with Gasteiger partial charge < -0.3 is 15.4 Å². The van der Waals surface area contributed by atoms with Gasteiger partial charge in [0.05, 0.1) is 7.11 Å². The quantitative estimate of drug-likeness (QED) is 0.877. The Morgan fingerprint density at radius 3 is 2.63 bits per heavy atom. The fourth-order valence-corrected chi connectivity index (χ4v) is 2.59. The fourth-order valence-electron chi connectivity index (χ4n) is 2.59. The van der Waals surface area contributed by atoms with E-state index in [1.807, 2.05) is 24.3 Å². The third-order valence-electron chi connectivity index (χ3n) is 3.62. The lowest BCUT2D eigenvalue weighted by atomic mass is 9.87. The van der Waals surface area contributed by atoms with Crippen molar-refractivity contribution in [3.63, 3.8) is 0 Å². The molecule has 1 aromatic rings. The van der Waals surface area contributed by atoms with E-state index in [9.17, 15) is 4.79 Å². The summed E-state index contributed by atoms with van der Waals surface area (Å²) in [7, 11) is 1.62. The van der Waals surface area contributed by atoms with Crippen molar-refractivity contribution in [3.8, 4) is 5.75 Å². The molecule has 2 atom stereocenters. The Labute approximate surface area is 114 Å². The number of nitrogens with one attached hydrogen (secondary N) is 2. The Morgan fingerprint density at radius 1 is 1.26 bits per heavy atom. The molecule has 0 bridgehead atoms. The topological polar surface area (TPSA) is 50.4 Å². The molecule has 0 aliphatic heterocycles. The molecule has 0 heterocycles. The second-order valence-electron chi connectivity index (χ2n) is 5.30. The molecule has 4 heteroatoms. The molecule has 2 rings (SSSR count). The predicted molar refractivity (Wildman–Crippen MR) is 76.6 cm³/mol. The summed E-state index contributed by atoms with van der Waals surface area (Å²) in [6, 6.07) is 7.52. The number of amides is 2. The first-order valence-electron chi connectivity index (χ1n) is 6.89. The molecule has 104 valence electrons. The van der Waals surface area contributed by atoms with Crippen LogP contribution < -0.4 is 15.4 Å². The van der Waals surface area contributed by atoms with Gasteiger partial charge in [-0.25, -0.2) is 4.79 Å². The zero-order valence-electron chi connectivity index (χ0n) is 11.6. The predicted octanol–water partition coefficient (Wildman–Crippen LogP) is 3.40. The van der Waals surface area contributed by atoms with E-state index < -0.39 is 0 Å². The maximum atomic E-state index is 11.9. The molecule has 0 radical (unpaired) electrons. The summed E-state index contributed by atoms with van der Waals surface area (Å²) in [5, 5.41) is 5.89. The van der Waals surface area contributed by atoms with Crippen LogP contribution in [0.3, 0.4) is 0 Å². The van der Waals surface area contributed by atoms with Gasteiger partial charge >= 0.3 is 6.03 Å². The number of hydrogen-bond acceptors (Lipinski definition) is 2. The summed E-state index contributed by atoms with van der Waals surface area (Å²) < 4.78 is 5.08. The average Bonchev–Trinajstić information content (AvgIpc) is 2.39. The largest absolute Gasteiger partial charge is 0.497 e. The van der Waals surface area contributed by atoms with Crippen molar-refractivity contribution >= 4 is 11.7 Å². The van der Waals surface area contributed by atoms with Crippen LogP contribution in [0.1, 0.15) is 32.6 Å². The summed E-state index contributed by atoms with van der Waals surface area (Å²) in [6.45, 7) is 2.25. The Hall–Kier alpha value is -1.71. The molecule has 1 aromatic carbocycles. The van der Waals surface area contributed by atoms with Crippen molar-refractivity contribution in [1.29, 1.82) is 0 Å². The zero-order chi connectivity index (χ0) is 13.7. The normalized spacial score (nSPS) is 22.6. The molecule has 4 nitrogen and oxygen atoms in total. The van der Waals surface area contributed by atoms with E-state index >= 15 is 0 Å². The minimum Gasteiger partial charge on any atom is -0.497 e. The molecule has 0 unspecified atom stereocenters. The minimum atomic E-state index is -0.121. The van der Waals surface area contributed by atoms with E-state index in [0.717, 1.165) is 24.3 Å². The van der Waals surface area contributed by atoms with E-state index in [2.05, 4.69) is 17.6 Å². The van der Waals surface area contributed by atoms with Crippen LogP contribution in [0.15, 0.2) is 24.3 Å². The lowest BCUT2D eigenvalue weighted by Gasteiger charge is -2.27. The highest BCUT2D eigenvalue weighted by Crippen LogP contribution is 2.23. The van der Waals surface area contributed by atoms with E-state index in [4.69, 9.17) is 4.74 Å². The second kappa shape index (κ2) is 6.45. The fraction of sp³-hybridized carbons (Fsp3) is 0.533. The molecular formula is C15H22N2O2. The van der Waals surface area contributed by atoms with Crippen LogP contribution in [-0.4, -0.2) is 19.2 Å². The van der Waals surface area contributed by atoms with Gasteiger partial charge in [0.15, 0.2) is 0 Å². The maximum absolute atomic E-state index is 11.9. The average molecular weight is 262 g/mol. The van der Waals surface area contributed by atoms with Crippen LogP contribution in [-0.2, 0) is 0 Å². The molecule has 2 N–H and O–H groups in total. The van der Waals surface area contributed by atoms with Gasteiger partial charge in [-0.3, -0.25) is 0 Å². The lowest BCUT2D eigenvalue weighted by Crippen LogP contribution is -2.40. The molecule has 1 aliphatic rings. The Balaban J connectivity index is 1.83. The van der Waals surface area contributed by atoms with Gasteiger partial charge in [0.25, 0.3) is 0 Å². The molecule has 2 amide bonds. The number of benzene rings is 1. The number of methoxy groups -OCH3 is 1. The SMILES string of the molecule is COc1ccc(NC(=O)N[C@H]2CCC[C@@H](C)C2)cc1. The number of carbonyl (C=O) groups excluding carboxylic acids is 1. The molecule has 1 aliphatic carbocycles. The van der Waals surface area contributed by atoms with Gasteiger partial charge in [-0.15, -0.1) is 0 Å². The van der Waals surface area contributed by atoms with Crippen molar-refractivity contribution in [1.82, 2.24) is 5.32 Å². The molecular weight excluding hydrogens is 240 g/mol. The van der Waals surface area contributed by atoms with Crippen LogP contribution in [0, 0.1) is 5.92 Å². The molecule has 0 spiro atoms. The minimum absolute atomic E-state index is 0.121. The van der Waals surface area contributed by atoms with E-state index in [1.54, 1.807) is 7.11 Å². The van der Waals surface area contributed by atoms with E-state index in [1.165, 1.54) is 12.8 Å². The highest BCUT2D eigenvalue weighted by atomic mass is 16.5. The van der Waals surface area contributed by atoms with Crippen molar-refractivity contribution < 1.29 is 9.53 Å². The van der Waals surface area contributed by atoms with Crippen molar-refractivity contribution in [2.75, 3.05) is 12.4 Å². The van der Waals surface area contributed by atoms with E-state index in [0.29, 0.717) is 12.0 Å². The Bertz CT molecular complexity index is 417. The standard InChI is InChI=1S/C15H22N2O2/c1-11-4-3-5-13(10-11)17-15(18)16-12-6-8-14(19-2)9-7-12/h6-9,11,13H,3-5,10H2,1-2H3,(H2,16,17,18)/t11-,13+/m1/s1. The van der Waals surface area contributed by atoms with Crippen LogP contribution in [0.25, 0.3) is 0 Å². The number of rotatable bonds is 3. The number of ether oxygens (including phenoxy) is 1. The molecule has 1 saturated carbocycles. The van der Waals surface area contributed by atoms with E-state index in [-0.39, 0.29) is 6.03 Å². The summed E-state index contributed by atoms with van der Waals surface area (Å²) in [5.74, 6) is 1.49. The molecule has 1 fully saturated rings. The molecule has 0 saturated heterocycles. The monoisotopic (exact) mass is 262 g/mol. The van der Waals surface area contributed by atoms with Crippen LogP contribution in [0.4, 0.5) is 10.5 Å². The van der Waals surface area contributed by atoms with Gasteiger partial charge in [-0.1, -0.05) is 19.8 Å². The van der Waals surface area contributed by atoms with Gasteiger partial charge in [0, 0.05) is 11.7 Å². The van der Waals surface area contributed by atoms with Crippen LogP contribution in [0.2, 0.25) is 0 Å². The van der Waals surface area contributed by atoms with Gasteiger partial charge in [-0.05, 0) is 43.0 Å². The highest BCUT2D eigenvalue weighted by molar-refractivity contribution is 5.89. The van der Waals surface area contributed by atoms with Crippen molar-refractivity contribution in [3.05, 3.63) is 24.3 Å². The summed E-state index contributed by atoms with van der Waals surface area (Å²) in [4.78, 5) is 11.9. The third kappa shape index (κ3) is 4.16. The van der Waals surface area contributed by atoms with Crippen molar-refractivity contribution in [2.45, 2.75) is 38.6 Å². The van der Waals surface area contributed by atoms with Gasteiger partial charge in [-0.2, -0.15) is 0 Å². The number of urea groups is 1. The Kier molecular flexibility index (Phi) is 4.66. The van der Waals surface area contributed by atoms with Gasteiger partial charge in [0.1, 0.15) is 5.75 Å². The highest BCUT2D eigenvalue weighted by Gasteiger charge is 2.20. The first-order chi connectivity index (χ1) is 9.17. The van der Waals surface area contributed by atoms with Gasteiger partial charge in [0.2, 0.25) is 0 Å². The van der Waals surface area contributed by atoms with Crippen LogP contribution in [0.5, 0.6) is 5.75 Å². The summed E-state index contributed by atoms with van der Waals surface area (Å²) in [6.07, 6.45) is 4.64. The van der Waals surface area contributed by atoms with Crippen LogP contribution >= 0.6 is 0 Å². The Morgan fingerprint density at radius 2 is 2.00 bits per heavy atom. The maximum Gasteiger partial charge on any atom is 0.319 e. The first kappa shape index (κ1) is 13.7. The number of anilines is 1. The first-order valence-corrected chi connectivity index (χ1v) is 6.89. The second-order valence-corrected chi connectivity index (χ2v) is 5.30. The number of hydrogen-bond donors (Lipinski definition) is 2. The zero-order valence-corrected chi connectivity index (χ0v) is 11.6. The van der Waals surface area contributed by atoms with Crippen molar-refractivity contribution in [2.24, 2.45) is 5.92 Å². The number of carbonyl (C=O) groups is 1. The third-order valence-corrected chi connectivity index (χ3v) is 3.62.